The highest BCUT2D eigenvalue weighted by Crippen LogP contribution is 2.24. The number of hydrogen-bond donors (Lipinski definition) is 1. The lowest BCUT2D eigenvalue weighted by Crippen LogP contribution is -2.30. The maximum Gasteiger partial charge on any atom is 0.265 e. The number of halogens is 2. The molecule has 2 aromatic rings. The first-order valence-electron chi connectivity index (χ1n) is 6.86. The molecule has 2 aromatic carbocycles. The van der Waals surface area contributed by atoms with Gasteiger partial charge in [-0.2, -0.15) is 0 Å². The molecule has 22 heavy (non-hydrogen) atoms. The minimum Gasteiger partial charge on any atom is -0.481 e. The van der Waals surface area contributed by atoms with Crippen LogP contribution in [0.5, 0.6) is 5.75 Å². The average molecular weight is 338 g/mol. The molecule has 1 unspecified atom stereocenters. The Morgan fingerprint density at radius 1 is 1.09 bits per heavy atom. The predicted molar refractivity (Wildman–Crippen MR) is 91.1 cm³/mol. The number of benzene rings is 2. The molecule has 1 atom stereocenters. The van der Waals surface area contributed by atoms with Gasteiger partial charge in [-0.15, -0.1) is 0 Å². The molecule has 0 heterocycles. The summed E-state index contributed by atoms with van der Waals surface area (Å²) in [5.41, 5.74) is 2.60. The normalized spacial score (nSPS) is 11.9. The molecule has 0 saturated carbocycles. The monoisotopic (exact) mass is 337 g/mol. The van der Waals surface area contributed by atoms with Crippen LogP contribution in [0.25, 0.3) is 0 Å². The van der Waals surface area contributed by atoms with Gasteiger partial charge in [-0.1, -0.05) is 35.3 Å². The molecule has 2 rings (SSSR count). The molecule has 0 aromatic heterocycles. The van der Waals surface area contributed by atoms with E-state index in [4.69, 9.17) is 27.9 Å². The quantitative estimate of drug-likeness (QED) is 0.850. The first-order valence-corrected chi connectivity index (χ1v) is 7.61. The van der Waals surface area contributed by atoms with Crippen LogP contribution in [0.2, 0.25) is 10.0 Å². The largest absolute Gasteiger partial charge is 0.481 e. The van der Waals surface area contributed by atoms with Gasteiger partial charge >= 0.3 is 0 Å². The van der Waals surface area contributed by atoms with E-state index >= 15 is 0 Å². The van der Waals surface area contributed by atoms with E-state index in [2.05, 4.69) is 5.32 Å². The summed E-state index contributed by atoms with van der Waals surface area (Å²) in [6, 6.07) is 10.8. The van der Waals surface area contributed by atoms with Crippen molar-refractivity contribution in [3.63, 3.8) is 0 Å². The van der Waals surface area contributed by atoms with E-state index in [9.17, 15) is 4.79 Å². The molecule has 3 nitrogen and oxygen atoms in total. The van der Waals surface area contributed by atoms with Crippen molar-refractivity contribution in [2.24, 2.45) is 0 Å². The molecule has 0 aliphatic rings. The zero-order valence-electron chi connectivity index (χ0n) is 12.6. The molecule has 0 spiro atoms. The van der Waals surface area contributed by atoms with Crippen LogP contribution in [0, 0.1) is 13.8 Å². The SMILES string of the molecule is Cc1ccc(C)c(OC(C)C(=O)Nc2cc(Cl)cc(Cl)c2)c1. The van der Waals surface area contributed by atoms with Gasteiger partial charge in [0.25, 0.3) is 5.91 Å². The Kier molecular flexibility index (Phi) is 5.33. The minimum absolute atomic E-state index is 0.265. The second-order valence-corrected chi connectivity index (χ2v) is 6.05. The first-order chi connectivity index (χ1) is 10.3. The van der Waals surface area contributed by atoms with Crippen molar-refractivity contribution in [1.82, 2.24) is 0 Å². The van der Waals surface area contributed by atoms with Crippen molar-refractivity contribution in [2.75, 3.05) is 5.32 Å². The summed E-state index contributed by atoms with van der Waals surface area (Å²) in [6.07, 6.45) is -0.641. The third-order valence-corrected chi connectivity index (χ3v) is 3.58. The molecule has 0 aliphatic carbocycles. The van der Waals surface area contributed by atoms with Crippen molar-refractivity contribution >= 4 is 34.8 Å². The number of carbonyl (C=O) groups is 1. The Morgan fingerprint density at radius 2 is 1.73 bits per heavy atom. The van der Waals surface area contributed by atoms with Crippen LogP contribution in [0.1, 0.15) is 18.1 Å². The highest BCUT2D eigenvalue weighted by atomic mass is 35.5. The zero-order valence-corrected chi connectivity index (χ0v) is 14.1. The van der Waals surface area contributed by atoms with Crippen LogP contribution < -0.4 is 10.1 Å². The third-order valence-electron chi connectivity index (χ3n) is 3.15. The number of rotatable bonds is 4. The predicted octanol–water partition coefficient (Wildman–Crippen LogP) is 5.02. The third kappa shape index (κ3) is 4.39. The smallest absolute Gasteiger partial charge is 0.265 e. The van der Waals surface area contributed by atoms with Gasteiger partial charge in [0.15, 0.2) is 6.10 Å². The van der Waals surface area contributed by atoms with Gasteiger partial charge in [0.2, 0.25) is 0 Å². The summed E-state index contributed by atoms with van der Waals surface area (Å²) >= 11 is 11.8. The van der Waals surface area contributed by atoms with Gasteiger partial charge in [-0.25, -0.2) is 0 Å². The fourth-order valence-electron chi connectivity index (χ4n) is 1.95. The summed E-state index contributed by atoms with van der Waals surface area (Å²) in [6.45, 7) is 5.62. The second kappa shape index (κ2) is 7.03. The van der Waals surface area contributed by atoms with Crippen molar-refractivity contribution in [3.05, 3.63) is 57.6 Å². The van der Waals surface area contributed by atoms with Crippen molar-refractivity contribution in [2.45, 2.75) is 26.9 Å². The van der Waals surface area contributed by atoms with Crippen molar-refractivity contribution in [3.8, 4) is 5.75 Å². The maximum absolute atomic E-state index is 12.2. The van der Waals surface area contributed by atoms with E-state index in [1.165, 1.54) is 0 Å². The minimum atomic E-state index is -0.641. The topological polar surface area (TPSA) is 38.3 Å². The van der Waals surface area contributed by atoms with Crippen LogP contribution in [-0.2, 0) is 4.79 Å². The molecule has 0 aliphatic heterocycles. The highest BCUT2D eigenvalue weighted by molar-refractivity contribution is 6.35. The summed E-state index contributed by atoms with van der Waals surface area (Å²) in [5.74, 6) is 0.436. The van der Waals surface area contributed by atoms with Crippen LogP contribution in [0.3, 0.4) is 0 Å². The Morgan fingerprint density at radius 3 is 2.36 bits per heavy atom. The standard InChI is InChI=1S/C17H17Cl2NO2/c1-10-4-5-11(2)16(6-10)22-12(3)17(21)20-15-8-13(18)7-14(19)9-15/h4-9,12H,1-3H3,(H,20,21). The summed E-state index contributed by atoms with van der Waals surface area (Å²) < 4.78 is 5.74. The summed E-state index contributed by atoms with van der Waals surface area (Å²) in [4.78, 5) is 12.2. The number of nitrogens with one attached hydrogen (secondary N) is 1. The molecular formula is C17H17Cl2NO2. The lowest BCUT2D eigenvalue weighted by molar-refractivity contribution is -0.122. The fraction of sp³-hybridized carbons (Fsp3) is 0.235. The number of ether oxygens (including phenoxy) is 1. The molecule has 0 bridgehead atoms. The van der Waals surface area contributed by atoms with Gasteiger partial charge < -0.3 is 10.1 Å². The second-order valence-electron chi connectivity index (χ2n) is 5.18. The molecule has 0 fully saturated rings. The first kappa shape index (κ1) is 16.7. The highest BCUT2D eigenvalue weighted by Gasteiger charge is 2.16. The Labute approximate surface area is 140 Å². The number of amides is 1. The Hall–Kier alpha value is -1.71. The molecule has 0 radical (unpaired) electrons. The number of hydrogen-bond acceptors (Lipinski definition) is 2. The van der Waals surface area contributed by atoms with E-state index in [1.807, 2.05) is 32.0 Å². The molecule has 5 heteroatoms. The zero-order chi connectivity index (χ0) is 16.3. The van der Waals surface area contributed by atoms with Crippen LogP contribution in [-0.4, -0.2) is 12.0 Å². The van der Waals surface area contributed by atoms with Crippen LogP contribution >= 0.6 is 23.2 Å². The fourth-order valence-corrected chi connectivity index (χ4v) is 2.47. The van der Waals surface area contributed by atoms with E-state index in [1.54, 1.807) is 25.1 Å². The number of anilines is 1. The van der Waals surface area contributed by atoms with Gasteiger partial charge in [0.1, 0.15) is 5.75 Å². The van der Waals surface area contributed by atoms with Crippen LogP contribution in [0.15, 0.2) is 36.4 Å². The maximum atomic E-state index is 12.2. The van der Waals surface area contributed by atoms with E-state index in [-0.39, 0.29) is 5.91 Å². The lowest BCUT2D eigenvalue weighted by atomic mass is 10.1. The number of carbonyl (C=O) groups excluding carboxylic acids is 1. The summed E-state index contributed by atoms with van der Waals surface area (Å²) in [5, 5.41) is 3.67. The molecule has 0 saturated heterocycles. The molecule has 1 amide bonds. The number of aryl methyl sites for hydroxylation is 2. The van der Waals surface area contributed by atoms with E-state index in [0.29, 0.717) is 21.5 Å². The summed E-state index contributed by atoms with van der Waals surface area (Å²) in [7, 11) is 0. The molecular weight excluding hydrogens is 321 g/mol. The van der Waals surface area contributed by atoms with Gasteiger partial charge in [0.05, 0.1) is 0 Å². The van der Waals surface area contributed by atoms with Crippen LogP contribution in [0.4, 0.5) is 5.69 Å². The Bertz CT molecular complexity index is 681. The van der Waals surface area contributed by atoms with Gasteiger partial charge in [-0.3, -0.25) is 4.79 Å². The van der Waals surface area contributed by atoms with Gasteiger partial charge in [-0.05, 0) is 56.2 Å². The van der Waals surface area contributed by atoms with Crippen molar-refractivity contribution < 1.29 is 9.53 Å². The average Bonchev–Trinajstić information content (AvgIpc) is 2.41. The van der Waals surface area contributed by atoms with E-state index < -0.39 is 6.10 Å². The molecule has 1 N–H and O–H groups in total. The van der Waals surface area contributed by atoms with Crippen molar-refractivity contribution in [1.29, 1.82) is 0 Å². The molecule has 116 valence electrons. The van der Waals surface area contributed by atoms with Gasteiger partial charge in [0, 0.05) is 15.7 Å². The Balaban J connectivity index is 2.07. The van der Waals surface area contributed by atoms with E-state index in [0.717, 1.165) is 11.1 Å². The lowest BCUT2D eigenvalue weighted by Gasteiger charge is -2.17.